The van der Waals surface area contributed by atoms with Crippen LogP contribution in [0, 0.1) is 0 Å². The Morgan fingerprint density at radius 3 is 0.985 bits per heavy atom. The third-order valence-corrected chi connectivity index (χ3v) is 11.7. The van der Waals surface area contributed by atoms with E-state index in [-0.39, 0.29) is 37.5 Å². The van der Waals surface area contributed by atoms with Gasteiger partial charge in [-0.15, -0.1) is 0 Å². The molecule has 0 fully saturated rings. The molecule has 0 saturated carbocycles. The van der Waals surface area contributed by atoms with Gasteiger partial charge in [0.2, 0.25) is 0 Å². The van der Waals surface area contributed by atoms with Gasteiger partial charge >= 0.3 is 17.9 Å². The minimum absolute atomic E-state index is 0.0985. The standard InChI is InChI=1S/C59H102O6/c1-4-7-10-13-16-19-22-25-27-29-31-34-37-40-43-46-49-52-58(61)64-55-56(54-63-57(60)51-48-45-42-39-36-33-24-21-18-15-12-9-6-3)65-59(62)53-50-47-44-41-38-35-32-30-28-26-23-20-17-14-11-8-5-2/h17,20-21,24-28,31,34,40,43,56H,4-16,18-19,22-23,29-30,32-33,35-39,41-42,44-55H2,1-3H3/b20-17-,24-21-,27-25-,28-26-,34-31-,43-40-/t56-/m0/s1. The first-order chi connectivity index (χ1) is 32.0. The van der Waals surface area contributed by atoms with Crippen LogP contribution in [0.2, 0.25) is 0 Å². The fourth-order valence-electron chi connectivity index (χ4n) is 7.48. The molecule has 0 saturated heterocycles. The molecule has 0 aromatic rings. The average Bonchev–Trinajstić information content (AvgIpc) is 3.30. The van der Waals surface area contributed by atoms with Gasteiger partial charge < -0.3 is 14.2 Å². The molecule has 0 heterocycles. The number of carbonyl (C=O) groups excluding carboxylic acids is 3. The number of esters is 3. The molecule has 0 spiro atoms. The van der Waals surface area contributed by atoms with Crippen LogP contribution in [-0.2, 0) is 28.6 Å². The molecule has 65 heavy (non-hydrogen) atoms. The van der Waals surface area contributed by atoms with E-state index >= 15 is 0 Å². The Morgan fingerprint density at radius 1 is 0.308 bits per heavy atom. The molecule has 0 aliphatic carbocycles. The second-order valence-corrected chi connectivity index (χ2v) is 18.1. The highest BCUT2D eigenvalue weighted by molar-refractivity contribution is 5.71. The maximum atomic E-state index is 12.8. The minimum Gasteiger partial charge on any atom is -0.462 e. The first-order valence-electron chi connectivity index (χ1n) is 27.4. The van der Waals surface area contributed by atoms with Crippen molar-refractivity contribution in [2.75, 3.05) is 13.2 Å². The lowest BCUT2D eigenvalue weighted by Crippen LogP contribution is -2.30. The van der Waals surface area contributed by atoms with Gasteiger partial charge in [-0.1, -0.05) is 209 Å². The first-order valence-corrected chi connectivity index (χ1v) is 27.4. The summed E-state index contributed by atoms with van der Waals surface area (Å²) in [5, 5.41) is 0. The number of rotatable bonds is 49. The Hall–Kier alpha value is -3.15. The molecule has 0 unspecified atom stereocenters. The number of ether oxygens (including phenoxy) is 3. The zero-order valence-corrected chi connectivity index (χ0v) is 42.7. The number of hydrogen-bond acceptors (Lipinski definition) is 6. The van der Waals surface area contributed by atoms with Crippen LogP contribution in [0.4, 0.5) is 0 Å². The van der Waals surface area contributed by atoms with E-state index in [1.54, 1.807) is 0 Å². The fourth-order valence-corrected chi connectivity index (χ4v) is 7.48. The molecule has 0 amide bonds. The van der Waals surface area contributed by atoms with Crippen LogP contribution in [0.3, 0.4) is 0 Å². The zero-order valence-electron chi connectivity index (χ0n) is 42.7. The predicted molar refractivity (Wildman–Crippen MR) is 279 cm³/mol. The molecule has 0 aromatic heterocycles. The molecule has 0 rings (SSSR count). The van der Waals surface area contributed by atoms with Crippen LogP contribution in [0.15, 0.2) is 72.9 Å². The Balaban J connectivity index is 4.47. The molecule has 0 aliphatic rings. The van der Waals surface area contributed by atoms with Crippen LogP contribution in [0.5, 0.6) is 0 Å². The van der Waals surface area contributed by atoms with E-state index in [1.165, 1.54) is 141 Å². The molecule has 374 valence electrons. The van der Waals surface area contributed by atoms with E-state index < -0.39 is 6.10 Å². The number of allylic oxidation sites excluding steroid dienone is 12. The zero-order chi connectivity index (χ0) is 47.2. The fraction of sp³-hybridized carbons (Fsp3) is 0.746. The smallest absolute Gasteiger partial charge is 0.306 e. The summed E-state index contributed by atoms with van der Waals surface area (Å²) < 4.78 is 16.8. The summed E-state index contributed by atoms with van der Waals surface area (Å²) in [5.74, 6) is -0.965. The second-order valence-electron chi connectivity index (χ2n) is 18.1. The summed E-state index contributed by atoms with van der Waals surface area (Å²) in [6.45, 7) is 6.54. The van der Waals surface area contributed by atoms with Crippen molar-refractivity contribution in [3.8, 4) is 0 Å². The van der Waals surface area contributed by atoms with E-state index in [1.807, 2.05) is 0 Å². The topological polar surface area (TPSA) is 78.9 Å². The lowest BCUT2D eigenvalue weighted by Gasteiger charge is -2.18. The van der Waals surface area contributed by atoms with Gasteiger partial charge in [0.15, 0.2) is 6.10 Å². The monoisotopic (exact) mass is 907 g/mol. The third-order valence-electron chi connectivity index (χ3n) is 11.7. The summed E-state index contributed by atoms with van der Waals surface area (Å²) in [4.78, 5) is 38.0. The van der Waals surface area contributed by atoms with Crippen molar-refractivity contribution in [1.82, 2.24) is 0 Å². The molecular weight excluding hydrogens is 805 g/mol. The normalized spacial score (nSPS) is 12.6. The van der Waals surface area contributed by atoms with Gasteiger partial charge in [0.05, 0.1) is 0 Å². The van der Waals surface area contributed by atoms with Gasteiger partial charge in [-0.05, 0) is 109 Å². The Labute approximate surface area is 402 Å². The lowest BCUT2D eigenvalue weighted by atomic mass is 10.1. The molecule has 0 aliphatic heterocycles. The van der Waals surface area contributed by atoms with Crippen molar-refractivity contribution in [3.05, 3.63) is 72.9 Å². The van der Waals surface area contributed by atoms with Crippen molar-refractivity contribution in [2.45, 2.75) is 271 Å². The first kappa shape index (κ1) is 61.9. The van der Waals surface area contributed by atoms with Gasteiger partial charge in [-0.3, -0.25) is 14.4 Å². The summed E-state index contributed by atoms with van der Waals surface area (Å²) in [6.07, 6.45) is 67.4. The van der Waals surface area contributed by atoms with Crippen molar-refractivity contribution >= 4 is 17.9 Å². The molecule has 0 bridgehead atoms. The summed E-state index contributed by atoms with van der Waals surface area (Å²) in [6, 6.07) is 0. The summed E-state index contributed by atoms with van der Waals surface area (Å²) >= 11 is 0. The van der Waals surface area contributed by atoms with E-state index in [2.05, 4.69) is 93.7 Å². The largest absolute Gasteiger partial charge is 0.462 e. The molecule has 0 aromatic carbocycles. The number of hydrogen-bond donors (Lipinski definition) is 0. The molecule has 0 radical (unpaired) electrons. The van der Waals surface area contributed by atoms with Gasteiger partial charge in [0.1, 0.15) is 13.2 Å². The van der Waals surface area contributed by atoms with Crippen LogP contribution < -0.4 is 0 Å². The molecular formula is C59H102O6. The van der Waals surface area contributed by atoms with Crippen molar-refractivity contribution in [1.29, 1.82) is 0 Å². The van der Waals surface area contributed by atoms with E-state index in [0.717, 1.165) is 77.0 Å². The van der Waals surface area contributed by atoms with Gasteiger partial charge in [0, 0.05) is 19.3 Å². The minimum atomic E-state index is -0.803. The predicted octanol–water partition coefficient (Wildman–Crippen LogP) is 18.2. The third kappa shape index (κ3) is 51.7. The molecule has 1 atom stereocenters. The van der Waals surface area contributed by atoms with Crippen molar-refractivity contribution in [3.63, 3.8) is 0 Å². The van der Waals surface area contributed by atoms with E-state index in [0.29, 0.717) is 19.3 Å². The van der Waals surface area contributed by atoms with Crippen LogP contribution in [0.25, 0.3) is 0 Å². The maximum absolute atomic E-state index is 12.8. The maximum Gasteiger partial charge on any atom is 0.306 e. The lowest BCUT2D eigenvalue weighted by molar-refractivity contribution is -0.167. The highest BCUT2D eigenvalue weighted by Gasteiger charge is 2.19. The Kier molecular flexibility index (Phi) is 50.9. The van der Waals surface area contributed by atoms with E-state index in [4.69, 9.17) is 14.2 Å². The highest BCUT2D eigenvalue weighted by Crippen LogP contribution is 2.14. The van der Waals surface area contributed by atoms with Crippen molar-refractivity contribution < 1.29 is 28.6 Å². The molecule has 6 nitrogen and oxygen atoms in total. The number of carbonyl (C=O) groups is 3. The summed E-state index contributed by atoms with van der Waals surface area (Å²) in [7, 11) is 0. The summed E-state index contributed by atoms with van der Waals surface area (Å²) in [5.41, 5.74) is 0. The molecule has 6 heteroatoms. The Morgan fingerprint density at radius 2 is 0.569 bits per heavy atom. The quantitative estimate of drug-likeness (QED) is 0.0262. The second kappa shape index (κ2) is 53.5. The van der Waals surface area contributed by atoms with Gasteiger partial charge in [-0.2, -0.15) is 0 Å². The van der Waals surface area contributed by atoms with Crippen LogP contribution in [-0.4, -0.2) is 37.2 Å². The Bertz CT molecular complexity index is 1230. The van der Waals surface area contributed by atoms with Gasteiger partial charge in [0.25, 0.3) is 0 Å². The van der Waals surface area contributed by atoms with E-state index in [9.17, 15) is 14.4 Å². The SMILES string of the molecule is CCCCC/C=C\C/C=C\CCCCCCCCCC(=O)O[C@H](COC(=O)CCC/C=C\C/C=C\C/C=C\CCCCCCCC)COC(=O)CCCCCCC/C=C\CCCCCC. The highest BCUT2D eigenvalue weighted by atomic mass is 16.6. The average molecular weight is 907 g/mol. The van der Waals surface area contributed by atoms with Gasteiger partial charge in [-0.25, -0.2) is 0 Å². The number of unbranched alkanes of at least 4 members (excludes halogenated alkanes) is 26. The van der Waals surface area contributed by atoms with Crippen molar-refractivity contribution in [2.24, 2.45) is 0 Å². The van der Waals surface area contributed by atoms with Crippen LogP contribution >= 0.6 is 0 Å². The van der Waals surface area contributed by atoms with Crippen LogP contribution in [0.1, 0.15) is 265 Å². The molecule has 0 N–H and O–H groups in total.